The highest BCUT2D eigenvalue weighted by Gasteiger charge is 2.27. The third-order valence-corrected chi connectivity index (χ3v) is 4.34. The Morgan fingerprint density at radius 3 is 2.95 bits per heavy atom. The average Bonchev–Trinajstić information content (AvgIpc) is 2.87. The second-order valence-corrected chi connectivity index (χ2v) is 5.63. The van der Waals surface area contributed by atoms with E-state index in [0.717, 1.165) is 6.42 Å². The minimum atomic E-state index is -0.239. The third kappa shape index (κ3) is 3.73. The lowest BCUT2D eigenvalue weighted by Gasteiger charge is -2.09. The molecule has 5 heteroatoms. The number of esters is 1. The van der Waals surface area contributed by atoms with Crippen LogP contribution >= 0.6 is 11.8 Å². The lowest BCUT2D eigenvalue weighted by molar-refractivity contribution is -0.140. The summed E-state index contributed by atoms with van der Waals surface area (Å²) in [5.74, 6) is -0.192. The number of carbonyl (C=O) groups is 2. The molecule has 1 unspecified atom stereocenters. The van der Waals surface area contributed by atoms with Crippen LogP contribution in [0, 0.1) is 0 Å². The van der Waals surface area contributed by atoms with E-state index < -0.39 is 0 Å². The van der Waals surface area contributed by atoms with Gasteiger partial charge in [0.1, 0.15) is 0 Å². The van der Waals surface area contributed by atoms with Gasteiger partial charge in [0.15, 0.2) is 0 Å². The Morgan fingerprint density at radius 2 is 2.21 bits per heavy atom. The number of rotatable bonds is 5. The summed E-state index contributed by atoms with van der Waals surface area (Å²) in [6.45, 7) is 0.515. The first-order chi connectivity index (χ1) is 9.20. The van der Waals surface area contributed by atoms with Crippen LogP contribution in [0.5, 0.6) is 0 Å². The molecule has 102 valence electrons. The first-order valence-electron chi connectivity index (χ1n) is 6.30. The zero-order valence-electron chi connectivity index (χ0n) is 10.8. The number of amides is 1. The maximum absolute atomic E-state index is 12.0. The van der Waals surface area contributed by atoms with E-state index in [-0.39, 0.29) is 17.1 Å². The van der Waals surface area contributed by atoms with Crippen molar-refractivity contribution in [3.05, 3.63) is 29.8 Å². The summed E-state index contributed by atoms with van der Waals surface area (Å²) < 4.78 is 4.54. The Bertz CT molecular complexity index is 451. The van der Waals surface area contributed by atoms with Gasteiger partial charge in [0, 0.05) is 17.9 Å². The van der Waals surface area contributed by atoms with Gasteiger partial charge >= 0.3 is 5.97 Å². The minimum Gasteiger partial charge on any atom is -0.469 e. The fourth-order valence-corrected chi connectivity index (χ4v) is 3.21. The summed E-state index contributed by atoms with van der Waals surface area (Å²) in [5.41, 5.74) is 1.24. The second-order valence-electron chi connectivity index (χ2n) is 4.39. The number of hydrogen-bond acceptors (Lipinski definition) is 4. The van der Waals surface area contributed by atoms with Crippen molar-refractivity contribution in [2.75, 3.05) is 13.7 Å². The molecular weight excluding hydrogens is 262 g/mol. The highest BCUT2D eigenvalue weighted by molar-refractivity contribution is 8.01. The maximum atomic E-state index is 12.0. The van der Waals surface area contributed by atoms with Crippen molar-refractivity contribution in [1.82, 2.24) is 5.32 Å². The van der Waals surface area contributed by atoms with Crippen LogP contribution < -0.4 is 5.32 Å². The Morgan fingerprint density at radius 1 is 1.42 bits per heavy atom. The molecule has 19 heavy (non-hydrogen) atoms. The van der Waals surface area contributed by atoms with E-state index in [9.17, 15) is 9.59 Å². The van der Waals surface area contributed by atoms with Crippen LogP contribution in [0.3, 0.4) is 0 Å². The van der Waals surface area contributed by atoms with Crippen molar-refractivity contribution in [2.45, 2.75) is 29.4 Å². The molecule has 0 aliphatic carbocycles. The zero-order valence-corrected chi connectivity index (χ0v) is 11.7. The second kappa shape index (κ2) is 6.61. The number of fused-ring (bicyclic) bond motifs is 1. The van der Waals surface area contributed by atoms with Gasteiger partial charge in [-0.2, -0.15) is 0 Å². The molecule has 1 aliphatic rings. The number of carbonyl (C=O) groups excluding carboxylic acids is 2. The van der Waals surface area contributed by atoms with Crippen LogP contribution in [0.1, 0.15) is 18.4 Å². The molecule has 1 aromatic rings. The topological polar surface area (TPSA) is 55.4 Å². The Labute approximate surface area is 116 Å². The van der Waals surface area contributed by atoms with E-state index in [1.165, 1.54) is 17.6 Å². The smallest absolute Gasteiger partial charge is 0.305 e. The molecule has 1 aliphatic heterocycles. The Hall–Kier alpha value is -1.49. The average molecular weight is 279 g/mol. The monoisotopic (exact) mass is 279 g/mol. The standard InChI is InChI=1S/C14H17NO3S/c1-18-13(16)7-4-8-15-14(17)12-9-10-5-2-3-6-11(10)19-12/h2-3,5-6,12H,4,7-9H2,1H3,(H,15,17). The van der Waals surface area contributed by atoms with Gasteiger partial charge in [0.2, 0.25) is 5.91 Å². The van der Waals surface area contributed by atoms with Gasteiger partial charge in [0.25, 0.3) is 0 Å². The number of benzene rings is 1. The van der Waals surface area contributed by atoms with Gasteiger partial charge in [-0.05, 0) is 24.5 Å². The first-order valence-corrected chi connectivity index (χ1v) is 7.18. The fraction of sp³-hybridized carbons (Fsp3) is 0.429. The van der Waals surface area contributed by atoms with E-state index in [1.54, 1.807) is 11.8 Å². The van der Waals surface area contributed by atoms with Crippen molar-refractivity contribution in [2.24, 2.45) is 0 Å². The van der Waals surface area contributed by atoms with Crippen LogP contribution in [-0.2, 0) is 20.7 Å². The molecule has 0 fully saturated rings. The van der Waals surface area contributed by atoms with E-state index in [0.29, 0.717) is 19.4 Å². The van der Waals surface area contributed by atoms with Crippen LogP contribution in [0.2, 0.25) is 0 Å². The Kier molecular flexibility index (Phi) is 4.85. The predicted octanol–water partition coefficient (Wildman–Crippen LogP) is 1.77. The number of methoxy groups -OCH3 is 1. The molecular formula is C14H17NO3S. The van der Waals surface area contributed by atoms with Gasteiger partial charge in [-0.1, -0.05) is 18.2 Å². The summed E-state index contributed by atoms with van der Waals surface area (Å²) in [6, 6.07) is 8.09. The lowest BCUT2D eigenvalue weighted by atomic mass is 10.1. The molecule has 4 nitrogen and oxygen atoms in total. The summed E-state index contributed by atoms with van der Waals surface area (Å²) in [5, 5.41) is 2.83. The van der Waals surface area contributed by atoms with Crippen molar-refractivity contribution in [3.8, 4) is 0 Å². The largest absolute Gasteiger partial charge is 0.469 e. The molecule has 1 aromatic carbocycles. The highest BCUT2D eigenvalue weighted by Crippen LogP contribution is 2.36. The molecule has 1 N–H and O–H groups in total. The van der Waals surface area contributed by atoms with E-state index >= 15 is 0 Å². The molecule has 0 aromatic heterocycles. The first kappa shape index (κ1) is 13.9. The predicted molar refractivity (Wildman–Crippen MR) is 74.1 cm³/mol. The van der Waals surface area contributed by atoms with E-state index in [1.807, 2.05) is 18.2 Å². The van der Waals surface area contributed by atoms with Gasteiger partial charge in [-0.25, -0.2) is 0 Å². The van der Waals surface area contributed by atoms with Crippen LogP contribution in [0.25, 0.3) is 0 Å². The SMILES string of the molecule is COC(=O)CCCNC(=O)C1Cc2ccccc2S1. The maximum Gasteiger partial charge on any atom is 0.305 e. The molecule has 1 heterocycles. The molecule has 0 bridgehead atoms. The number of hydrogen-bond donors (Lipinski definition) is 1. The number of nitrogens with one attached hydrogen (secondary N) is 1. The molecule has 0 spiro atoms. The van der Waals surface area contributed by atoms with Gasteiger partial charge in [-0.15, -0.1) is 11.8 Å². The number of ether oxygens (including phenoxy) is 1. The van der Waals surface area contributed by atoms with Gasteiger partial charge < -0.3 is 10.1 Å². The highest BCUT2D eigenvalue weighted by atomic mass is 32.2. The normalized spacial score (nSPS) is 16.8. The van der Waals surface area contributed by atoms with Crippen LogP contribution in [0.4, 0.5) is 0 Å². The van der Waals surface area contributed by atoms with Gasteiger partial charge in [-0.3, -0.25) is 9.59 Å². The molecule has 0 saturated heterocycles. The van der Waals surface area contributed by atoms with Crippen LogP contribution in [-0.4, -0.2) is 30.8 Å². The van der Waals surface area contributed by atoms with E-state index in [4.69, 9.17) is 0 Å². The fourth-order valence-electron chi connectivity index (χ4n) is 1.99. The summed E-state index contributed by atoms with van der Waals surface area (Å²) in [4.78, 5) is 24.1. The number of thioether (sulfide) groups is 1. The van der Waals surface area contributed by atoms with Crippen LogP contribution in [0.15, 0.2) is 29.2 Å². The van der Waals surface area contributed by atoms with Crippen molar-refractivity contribution >= 4 is 23.6 Å². The Balaban J connectivity index is 1.73. The van der Waals surface area contributed by atoms with Gasteiger partial charge in [0.05, 0.1) is 12.4 Å². The third-order valence-electron chi connectivity index (χ3n) is 3.02. The van der Waals surface area contributed by atoms with Crippen molar-refractivity contribution < 1.29 is 14.3 Å². The van der Waals surface area contributed by atoms with E-state index in [2.05, 4.69) is 16.1 Å². The summed E-state index contributed by atoms with van der Waals surface area (Å²) in [6.07, 6.45) is 1.74. The zero-order chi connectivity index (χ0) is 13.7. The molecule has 2 rings (SSSR count). The van der Waals surface area contributed by atoms with Crippen molar-refractivity contribution in [1.29, 1.82) is 0 Å². The summed E-state index contributed by atoms with van der Waals surface area (Å²) in [7, 11) is 1.37. The summed E-state index contributed by atoms with van der Waals surface area (Å²) >= 11 is 1.61. The quantitative estimate of drug-likeness (QED) is 0.659. The molecule has 1 atom stereocenters. The lowest BCUT2D eigenvalue weighted by Crippen LogP contribution is -2.33. The molecule has 0 radical (unpaired) electrons. The molecule has 0 saturated carbocycles. The minimum absolute atomic E-state index is 0.0458. The van der Waals surface area contributed by atoms with Crippen molar-refractivity contribution in [3.63, 3.8) is 0 Å². The molecule has 1 amide bonds.